The molecule has 0 radical (unpaired) electrons. The first-order valence-electron chi connectivity index (χ1n) is 7.40. The van der Waals surface area contributed by atoms with E-state index in [-0.39, 0.29) is 36.3 Å². The molecule has 1 aliphatic rings. The number of methoxy groups -OCH3 is 1. The summed E-state index contributed by atoms with van der Waals surface area (Å²) in [7, 11) is 1.57. The number of likely N-dealkylation sites (tertiary alicyclic amines) is 1. The fourth-order valence-electron chi connectivity index (χ4n) is 2.89. The van der Waals surface area contributed by atoms with Crippen LogP contribution in [-0.4, -0.2) is 43.2 Å². The second-order valence-corrected chi connectivity index (χ2v) is 5.51. The van der Waals surface area contributed by atoms with Gasteiger partial charge in [0.05, 0.1) is 12.5 Å². The van der Waals surface area contributed by atoms with Crippen LogP contribution in [0.3, 0.4) is 0 Å². The van der Waals surface area contributed by atoms with Crippen LogP contribution in [0.25, 0.3) is 0 Å². The van der Waals surface area contributed by atoms with Crippen LogP contribution in [0, 0.1) is 5.82 Å². The van der Waals surface area contributed by atoms with E-state index in [9.17, 15) is 9.18 Å². The zero-order chi connectivity index (χ0) is 15.2. The molecule has 1 aliphatic heterocycles. The summed E-state index contributed by atoms with van der Waals surface area (Å²) < 4.78 is 18.4. The van der Waals surface area contributed by atoms with Gasteiger partial charge in [-0.05, 0) is 37.0 Å². The molecular formula is C16H24ClFN2O2. The van der Waals surface area contributed by atoms with Gasteiger partial charge in [0, 0.05) is 26.2 Å². The summed E-state index contributed by atoms with van der Waals surface area (Å²) in [5.41, 5.74) is 6.50. The second kappa shape index (κ2) is 9.08. The molecule has 0 saturated carbocycles. The predicted octanol–water partition coefficient (Wildman–Crippen LogP) is 2.14. The van der Waals surface area contributed by atoms with E-state index < -0.39 is 0 Å². The standard InChI is InChI=1S/C16H23FN2O2.ClH/c1-21-15(11-18)10-16(20)19-7-3-6-14(19)9-12-4-2-5-13(17)8-12;/h2,4-5,8,14-15H,3,6-7,9-11,18H2,1H3;1H. The summed E-state index contributed by atoms with van der Waals surface area (Å²) in [6.45, 7) is 1.10. The Hall–Kier alpha value is -1.17. The highest BCUT2D eigenvalue weighted by Gasteiger charge is 2.29. The summed E-state index contributed by atoms with van der Waals surface area (Å²) >= 11 is 0. The number of nitrogens with two attached hydrogens (primary N) is 1. The fraction of sp³-hybridized carbons (Fsp3) is 0.562. The molecule has 4 nitrogen and oxygen atoms in total. The van der Waals surface area contributed by atoms with Gasteiger partial charge in [-0.3, -0.25) is 4.79 Å². The molecule has 1 saturated heterocycles. The molecule has 2 N–H and O–H groups in total. The van der Waals surface area contributed by atoms with E-state index in [0.717, 1.165) is 24.9 Å². The summed E-state index contributed by atoms with van der Waals surface area (Å²) in [5, 5.41) is 0. The Morgan fingerprint density at radius 2 is 2.32 bits per heavy atom. The van der Waals surface area contributed by atoms with Crippen LogP contribution in [0.1, 0.15) is 24.8 Å². The molecule has 0 aliphatic carbocycles. The lowest BCUT2D eigenvalue weighted by Gasteiger charge is -2.26. The number of carbonyl (C=O) groups is 1. The minimum absolute atomic E-state index is 0. The quantitative estimate of drug-likeness (QED) is 0.869. The topological polar surface area (TPSA) is 55.6 Å². The van der Waals surface area contributed by atoms with Gasteiger partial charge in [0.25, 0.3) is 0 Å². The van der Waals surface area contributed by atoms with Gasteiger partial charge in [-0.15, -0.1) is 12.4 Å². The smallest absolute Gasteiger partial charge is 0.225 e. The SMILES string of the molecule is COC(CN)CC(=O)N1CCCC1Cc1cccc(F)c1.Cl. The zero-order valence-corrected chi connectivity index (χ0v) is 13.7. The summed E-state index contributed by atoms with van der Waals surface area (Å²) in [5.74, 6) is -0.155. The lowest BCUT2D eigenvalue weighted by atomic mass is 10.0. The number of halogens is 2. The first-order chi connectivity index (χ1) is 10.1. The first kappa shape index (κ1) is 18.9. The molecule has 0 bridgehead atoms. The summed E-state index contributed by atoms with van der Waals surface area (Å²) in [4.78, 5) is 14.3. The van der Waals surface area contributed by atoms with Crippen LogP contribution in [0.2, 0.25) is 0 Å². The molecule has 0 aromatic heterocycles. The van der Waals surface area contributed by atoms with E-state index in [1.165, 1.54) is 6.07 Å². The first-order valence-corrected chi connectivity index (χ1v) is 7.40. The summed E-state index contributed by atoms with van der Waals surface area (Å²) in [6.07, 6.45) is 2.73. The van der Waals surface area contributed by atoms with E-state index in [1.807, 2.05) is 11.0 Å². The Morgan fingerprint density at radius 3 is 2.95 bits per heavy atom. The number of hydrogen-bond acceptors (Lipinski definition) is 3. The van der Waals surface area contributed by atoms with Crippen molar-refractivity contribution in [3.05, 3.63) is 35.6 Å². The average molecular weight is 331 g/mol. The number of amides is 1. The van der Waals surface area contributed by atoms with Crippen molar-refractivity contribution in [1.82, 2.24) is 4.90 Å². The molecule has 0 spiro atoms. The van der Waals surface area contributed by atoms with Crippen LogP contribution in [-0.2, 0) is 16.0 Å². The number of nitrogens with zero attached hydrogens (tertiary/aromatic N) is 1. The third kappa shape index (κ3) is 4.93. The second-order valence-electron chi connectivity index (χ2n) is 5.51. The maximum absolute atomic E-state index is 13.2. The fourth-order valence-corrected chi connectivity index (χ4v) is 2.89. The molecule has 2 rings (SSSR count). The average Bonchev–Trinajstić information content (AvgIpc) is 2.92. The molecule has 6 heteroatoms. The monoisotopic (exact) mass is 330 g/mol. The highest BCUT2D eigenvalue weighted by atomic mass is 35.5. The van der Waals surface area contributed by atoms with Crippen molar-refractivity contribution in [3.8, 4) is 0 Å². The van der Waals surface area contributed by atoms with Crippen molar-refractivity contribution in [1.29, 1.82) is 0 Å². The van der Waals surface area contributed by atoms with E-state index >= 15 is 0 Å². The van der Waals surface area contributed by atoms with E-state index in [1.54, 1.807) is 19.2 Å². The Kier molecular flexibility index (Phi) is 7.79. The molecule has 2 atom stereocenters. The van der Waals surface area contributed by atoms with Gasteiger partial charge in [0.15, 0.2) is 0 Å². The van der Waals surface area contributed by atoms with E-state index in [4.69, 9.17) is 10.5 Å². The number of ether oxygens (including phenoxy) is 1. The molecule has 22 heavy (non-hydrogen) atoms. The van der Waals surface area contributed by atoms with Crippen molar-refractivity contribution in [2.45, 2.75) is 37.8 Å². The molecular weight excluding hydrogens is 307 g/mol. The van der Waals surface area contributed by atoms with Gasteiger partial charge in [-0.1, -0.05) is 12.1 Å². The Bertz CT molecular complexity index is 483. The summed E-state index contributed by atoms with van der Waals surface area (Å²) in [6, 6.07) is 6.74. The molecule has 1 amide bonds. The predicted molar refractivity (Wildman–Crippen MR) is 86.6 cm³/mol. The van der Waals surface area contributed by atoms with E-state index in [2.05, 4.69) is 0 Å². The van der Waals surface area contributed by atoms with E-state index in [0.29, 0.717) is 19.4 Å². The molecule has 124 valence electrons. The number of rotatable bonds is 6. The van der Waals surface area contributed by atoms with Gasteiger partial charge >= 0.3 is 0 Å². The maximum Gasteiger partial charge on any atom is 0.225 e. The zero-order valence-electron chi connectivity index (χ0n) is 12.8. The van der Waals surface area contributed by atoms with Crippen LogP contribution in [0.5, 0.6) is 0 Å². The van der Waals surface area contributed by atoms with Crippen LogP contribution in [0.15, 0.2) is 24.3 Å². The number of benzene rings is 1. The van der Waals surface area contributed by atoms with Crippen molar-refractivity contribution in [2.75, 3.05) is 20.2 Å². The van der Waals surface area contributed by atoms with Crippen molar-refractivity contribution >= 4 is 18.3 Å². The van der Waals surface area contributed by atoms with Crippen molar-refractivity contribution < 1.29 is 13.9 Å². The normalized spacial score (nSPS) is 18.9. The lowest BCUT2D eigenvalue weighted by molar-refractivity contribution is -0.134. The number of carbonyl (C=O) groups excluding carboxylic acids is 1. The molecule has 1 aromatic carbocycles. The lowest BCUT2D eigenvalue weighted by Crippen LogP contribution is -2.40. The molecule has 1 heterocycles. The van der Waals surface area contributed by atoms with Gasteiger partial charge in [-0.2, -0.15) is 0 Å². The third-order valence-corrected chi connectivity index (χ3v) is 4.06. The maximum atomic E-state index is 13.2. The largest absolute Gasteiger partial charge is 0.380 e. The molecule has 1 aromatic rings. The minimum atomic E-state index is -0.231. The van der Waals surface area contributed by atoms with Crippen molar-refractivity contribution in [3.63, 3.8) is 0 Å². The van der Waals surface area contributed by atoms with Gasteiger partial charge in [0.2, 0.25) is 5.91 Å². The highest BCUT2D eigenvalue weighted by molar-refractivity contribution is 5.85. The van der Waals surface area contributed by atoms with Crippen LogP contribution in [0.4, 0.5) is 4.39 Å². The van der Waals surface area contributed by atoms with Gasteiger partial charge in [-0.25, -0.2) is 4.39 Å². The number of hydrogen-bond donors (Lipinski definition) is 1. The Morgan fingerprint density at radius 1 is 1.55 bits per heavy atom. The third-order valence-electron chi connectivity index (χ3n) is 4.06. The van der Waals surface area contributed by atoms with Gasteiger partial charge in [0.1, 0.15) is 5.82 Å². The molecule has 1 fully saturated rings. The minimum Gasteiger partial charge on any atom is -0.380 e. The van der Waals surface area contributed by atoms with Crippen LogP contribution < -0.4 is 5.73 Å². The Labute approximate surface area is 137 Å². The highest BCUT2D eigenvalue weighted by Crippen LogP contribution is 2.22. The Balaban J connectivity index is 0.00000242. The van der Waals surface area contributed by atoms with Crippen molar-refractivity contribution in [2.24, 2.45) is 5.73 Å². The van der Waals surface area contributed by atoms with Gasteiger partial charge < -0.3 is 15.4 Å². The van der Waals surface area contributed by atoms with Crippen LogP contribution >= 0.6 is 12.4 Å². The molecule has 2 unspecified atom stereocenters.